The van der Waals surface area contributed by atoms with Gasteiger partial charge < -0.3 is 14.8 Å². The number of imide groups is 1. The van der Waals surface area contributed by atoms with E-state index < -0.39 is 18.0 Å². The molecule has 0 saturated carbocycles. The Bertz CT molecular complexity index is 671. The fraction of sp³-hybridized carbons (Fsp3) is 0.412. The molecule has 0 aliphatic carbocycles. The summed E-state index contributed by atoms with van der Waals surface area (Å²) in [5.74, 6) is -1.76. The predicted molar refractivity (Wildman–Crippen MR) is 87.9 cm³/mol. The number of hydrogen-bond acceptors (Lipinski definition) is 6. The highest BCUT2D eigenvalue weighted by Gasteiger charge is 2.30. The molecule has 8 heteroatoms. The van der Waals surface area contributed by atoms with Crippen LogP contribution in [0.25, 0.3) is 0 Å². The van der Waals surface area contributed by atoms with Crippen LogP contribution in [0, 0.1) is 0 Å². The van der Waals surface area contributed by atoms with E-state index in [1.54, 1.807) is 12.1 Å². The van der Waals surface area contributed by atoms with Gasteiger partial charge in [-0.1, -0.05) is 6.07 Å². The second kappa shape index (κ2) is 8.39. The van der Waals surface area contributed by atoms with Gasteiger partial charge in [-0.25, -0.2) is 4.79 Å². The molecule has 0 aromatic heterocycles. The molecule has 1 aliphatic heterocycles. The zero-order chi connectivity index (χ0) is 18.4. The van der Waals surface area contributed by atoms with E-state index in [9.17, 15) is 19.2 Å². The molecule has 134 valence electrons. The van der Waals surface area contributed by atoms with Crippen molar-refractivity contribution in [2.75, 3.05) is 25.2 Å². The number of nitrogens with one attached hydrogen (secondary N) is 1. The van der Waals surface area contributed by atoms with Gasteiger partial charge in [-0.05, 0) is 25.1 Å². The monoisotopic (exact) mass is 348 g/mol. The molecule has 0 radical (unpaired) electrons. The number of ether oxygens (including phenoxy) is 2. The smallest absolute Gasteiger partial charge is 0.338 e. The van der Waals surface area contributed by atoms with Crippen molar-refractivity contribution in [1.82, 2.24) is 5.32 Å². The Morgan fingerprint density at radius 3 is 2.56 bits per heavy atom. The maximum Gasteiger partial charge on any atom is 0.338 e. The van der Waals surface area contributed by atoms with Gasteiger partial charge in [0.15, 0.2) is 6.10 Å². The molecule has 1 N–H and O–H groups in total. The molecule has 1 aliphatic rings. The van der Waals surface area contributed by atoms with Gasteiger partial charge in [-0.15, -0.1) is 0 Å². The molecule has 8 nitrogen and oxygen atoms in total. The molecule has 2 rings (SSSR count). The summed E-state index contributed by atoms with van der Waals surface area (Å²) in [7, 11) is 1.51. The van der Waals surface area contributed by atoms with Crippen LogP contribution in [0.15, 0.2) is 24.3 Å². The van der Waals surface area contributed by atoms with Gasteiger partial charge in [0.05, 0.1) is 17.9 Å². The summed E-state index contributed by atoms with van der Waals surface area (Å²) in [6, 6.07) is 6.01. The topological polar surface area (TPSA) is 102 Å². The summed E-state index contributed by atoms with van der Waals surface area (Å²) in [6.07, 6.45) is -0.665. The average molecular weight is 348 g/mol. The van der Waals surface area contributed by atoms with Crippen molar-refractivity contribution in [3.8, 4) is 0 Å². The van der Waals surface area contributed by atoms with Crippen LogP contribution in [0.1, 0.15) is 30.1 Å². The molecule has 3 amide bonds. The van der Waals surface area contributed by atoms with Gasteiger partial charge >= 0.3 is 5.97 Å². The summed E-state index contributed by atoms with van der Waals surface area (Å²) in [5.41, 5.74) is 0.473. The first kappa shape index (κ1) is 18.6. The van der Waals surface area contributed by atoms with Crippen LogP contribution in [0.5, 0.6) is 0 Å². The number of amides is 3. The number of nitrogens with zero attached hydrogens (tertiary/aromatic N) is 1. The van der Waals surface area contributed by atoms with E-state index in [1.165, 1.54) is 26.2 Å². The van der Waals surface area contributed by atoms with Gasteiger partial charge in [0.1, 0.15) is 0 Å². The van der Waals surface area contributed by atoms with Crippen LogP contribution in [-0.2, 0) is 23.9 Å². The van der Waals surface area contributed by atoms with Crippen molar-refractivity contribution in [2.24, 2.45) is 0 Å². The van der Waals surface area contributed by atoms with E-state index >= 15 is 0 Å². The lowest BCUT2D eigenvalue weighted by molar-refractivity contribution is -0.129. The highest BCUT2D eigenvalue weighted by molar-refractivity contribution is 6.20. The van der Waals surface area contributed by atoms with Gasteiger partial charge in [0.2, 0.25) is 11.8 Å². The number of carbonyl (C=O) groups excluding carboxylic acids is 4. The molecular formula is C17H20N2O6. The number of rotatable bonds is 7. The standard InChI is InChI=1S/C17H20N2O6/c1-11(16(22)18-8-9-24-2)25-17(23)12-4-3-5-13(10-12)19-14(20)6-7-15(19)21/h3-5,10-11H,6-9H2,1-2H3,(H,18,22)/t11-/m1/s1. The predicted octanol–water partition coefficient (Wildman–Crippen LogP) is 0.648. The van der Waals surface area contributed by atoms with Crippen LogP contribution in [-0.4, -0.2) is 50.1 Å². The Labute approximate surface area is 145 Å². The molecule has 0 unspecified atom stereocenters. The average Bonchev–Trinajstić information content (AvgIpc) is 2.93. The van der Waals surface area contributed by atoms with Crippen molar-refractivity contribution >= 4 is 29.4 Å². The Kier molecular flexibility index (Phi) is 6.24. The van der Waals surface area contributed by atoms with Crippen LogP contribution in [0.4, 0.5) is 5.69 Å². The van der Waals surface area contributed by atoms with Gasteiger partial charge in [-0.3, -0.25) is 19.3 Å². The molecule has 25 heavy (non-hydrogen) atoms. The SMILES string of the molecule is COCCNC(=O)[C@@H](C)OC(=O)c1cccc(N2C(=O)CCC2=O)c1. The highest BCUT2D eigenvalue weighted by atomic mass is 16.5. The largest absolute Gasteiger partial charge is 0.449 e. The Morgan fingerprint density at radius 1 is 1.24 bits per heavy atom. The quantitative estimate of drug-likeness (QED) is 0.441. The Morgan fingerprint density at radius 2 is 1.92 bits per heavy atom. The van der Waals surface area contributed by atoms with E-state index in [4.69, 9.17) is 9.47 Å². The molecule has 1 atom stereocenters. The highest BCUT2D eigenvalue weighted by Crippen LogP contribution is 2.23. The minimum Gasteiger partial charge on any atom is -0.449 e. The molecule has 1 aromatic carbocycles. The maximum absolute atomic E-state index is 12.2. The molecule has 1 saturated heterocycles. The summed E-state index contributed by atoms with van der Waals surface area (Å²) in [4.78, 5) is 48.6. The van der Waals surface area contributed by atoms with Crippen LogP contribution < -0.4 is 10.2 Å². The lowest BCUT2D eigenvalue weighted by atomic mass is 10.2. The van der Waals surface area contributed by atoms with Gasteiger partial charge in [-0.2, -0.15) is 0 Å². The minimum atomic E-state index is -0.983. The molecule has 1 fully saturated rings. The normalized spacial score (nSPS) is 15.2. The number of carbonyl (C=O) groups is 4. The fourth-order valence-corrected chi connectivity index (χ4v) is 2.34. The second-order valence-electron chi connectivity index (χ2n) is 5.50. The summed E-state index contributed by atoms with van der Waals surface area (Å²) in [5, 5.41) is 2.57. The summed E-state index contributed by atoms with van der Waals surface area (Å²) in [6.45, 7) is 2.12. The van der Waals surface area contributed by atoms with E-state index in [0.29, 0.717) is 18.8 Å². The molecule has 1 aromatic rings. The number of anilines is 1. The summed E-state index contributed by atoms with van der Waals surface area (Å²) >= 11 is 0. The molecule has 0 spiro atoms. The number of benzene rings is 1. The lowest BCUT2D eigenvalue weighted by Crippen LogP contribution is -2.37. The van der Waals surface area contributed by atoms with E-state index in [0.717, 1.165) is 4.90 Å². The first-order valence-electron chi connectivity index (χ1n) is 7.87. The second-order valence-corrected chi connectivity index (χ2v) is 5.50. The number of methoxy groups -OCH3 is 1. The van der Waals surface area contributed by atoms with Crippen molar-refractivity contribution in [3.05, 3.63) is 29.8 Å². The van der Waals surface area contributed by atoms with Crippen molar-refractivity contribution in [3.63, 3.8) is 0 Å². The third-order valence-corrected chi connectivity index (χ3v) is 3.65. The zero-order valence-electron chi connectivity index (χ0n) is 14.1. The van der Waals surface area contributed by atoms with Crippen LogP contribution in [0.3, 0.4) is 0 Å². The van der Waals surface area contributed by atoms with E-state index in [-0.39, 0.29) is 30.2 Å². The van der Waals surface area contributed by atoms with Crippen LogP contribution in [0.2, 0.25) is 0 Å². The van der Waals surface area contributed by atoms with Crippen molar-refractivity contribution in [1.29, 1.82) is 0 Å². The lowest BCUT2D eigenvalue weighted by Gasteiger charge is -2.16. The van der Waals surface area contributed by atoms with E-state index in [2.05, 4.69) is 5.32 Å². The molecule has 0 bridgehead atoms. The fourth-order valence-electron chi connectivity index (χ4n) is 2.34. The third kappa shape index (κ3) is 4.63. The number of hydrogen-bond donors (Lipinski definition) is 1. The molecule has 1 heterocycles. The van der Waals surface area contributed by atoms with E-state index in [1.807, 2.05) is 0 Å². The third-order valence-electron chi connectivity index (χ3n) is 3.65. The van der Waals surface area contributed by atoms with Crippen LogP contribution >= 0.6 is 0 Å². The Balaban J connectivity index is 2.02. The van der Waals surface area contributed by atoms with Crippen molar-refractivity contribution < 1.29 is 28.7 Å². The van der Waals surface area contributed by atoms with Crippen molar-refractivity contribution in [2.45, 2.75) is 25.9 Å². The maximum atomic E-state index is 12.2. The first-order valence-corrected chi connectivity index (χ1v) is 7.87. The Hall–Kier alpha value is -2.74. The molecular weight excluding hydrogens is 328 g/mol. The van der Waals surface area contributed by atoms with Gasteiger partial charge in [0.25, 0.3) is 5.91 Å². The first-order chi connectivity index (χ1) is 11.9. The van der Waals surface area contributed by atoms with Gasteiger partial charge in [0, 0.05) is 26.5 Å². The minimum absolute atomic E-state index is 0.154. The zero-order valence-corrected chi connectivity index (χ0v) is 14.1. The number of esters is 1. The summed E-state index contributed by atoms with van der Waals surface area (Å²) < 4.78 is 9.94.